The maximum Gasteiger partial charge on any atom is 0.264 e. The number of nitrogens with zero attached hydrogens (tertiary/aromatic N) is 2. The van der Waals surface area contributed by atoms with Gasteiger partial charge in [0.1, 0.15) is 24.1 Å². The van der Waals surface area contributed by atoms with Crippen LogP contribution < -0.4 is 19.1 Å². The van der Waals surface area contributed by atoms with Crippen LogP contribution in [-0.2, 0) is 26.2 Å². The average molecular weight is 602 g/mol. The molecule has 41 heavy (non-hydrogen) atoms. The van der Waals surface area contributed by atoms with E-state index in [2.05, 4.69) is 5.32 Å². The van der Waals surface area contributed by atoms with Crippen molar-refractivity contribution < 1.29 is 27.5 Å². The van der Waals surface area contributed by atoms with E-state index in [0.29, 0.717) is 29.7 Å². The monoisotopic (exact) mass is 601 g/mol. The quantitative estimate of drug-likeness (QED) is 0.282. The highest BCUT2D eigenvalue weighted by Gasteiger charge is 2.32. The lowest BCUT2D eigenvalue weighted by atomic mass is 10.1. The van der Waals surface area contributed by atoms with Crippen molar-refractivity contribution in [2.24, 2.45) is 0 Å². The SMILES string of the molecule is CCCNC(=O)C(C)N(Cc1cccc(OC)c1)C(=O)CN(c1ccc(OCC)cc1)S(=O)(=O)c1ccc(Cl)cc1. The van der Waals surface area contributed by atoms with E-state index in [1.165, 1.54) is 29.2 Å². The summed E-state index contributed by atoms with van der Waals surface area (Å²) in [5.74, 6) is 0.265. The molecule has 0 bridgehead atoms. The molecule has 0 aliphatic rings. The highest BCUT2D eigenvalue weighted by Crippen LogP contribution is 2.27. The molecule has 3 aromatic rings. The molecule has 0 heterocycles. The van der Waals surface area contributed by atoms with E-state index in [4.69, 9.17) is 21.1 Å². The van der Waals surface area contributed by atoms with E-state index in [9.17, 15) is 18.0 Å². The third-order valence-electron chi connectivity index (χ3n) is 6.32. The number of benzene rings is 3. The second kappa shape index (κ2) is 14.7. The number of carbonyl (C=O) groups excluding carboxylic acids is 2. The molecule has 11 heteroatoms. The zero-order chi connectivity index (χ0) is 30.0. The van der Waals surface area contributed by atoms with Gasteiger partial charge in [0, 0.05) is 18.1 Å². The molecule has 9 nitrogen and oxygen atoms in total. The zero-order valence-electron chi connectivity index (χ0n) is 23.7. The van der Waals surface area contributed by atoms with Gasteiger partial charge in [-0.25, -0.2) is 8.42 Å². The highest BCUT2D eigenvalue weighted by atomic mass is 35.5. The van der Waals surface area contributed by atoms with E-state index in [0.717, 1.165) is 16.3 Å². The van der Waals surface area contributed by atoms with Crippen LogP contribution in [0, 0.1) is 0 Å². The van der Waals surface area contributed by atoms with Crippen LogP contribution in [0.4, 0.5) is 5.69 Å². The molecule has 2 amide bonds. The summed E-state index contributed by atoms with van der Waals surface area (Å²) in [4.78, 5) is 28.3. The Labute approximate surface area is 247 Å². The molecule has 3 rings (SSSR count). The third kappa shape index (κ3) is 8.37. The number of hydrogen-bond acceptors (Lipinski definition) is 6. The zero-order valence-corrected chi connectivity index (χ0v) is 25.2. The number of nitrogens with one attached hydrogen (secondary N) is 1. The predicted molar refractivity (Wildman–Crippen MR) is 160 cm³/mol. The maximum absolute atomic E-state index is 14.0. The van der Waals surface area contributed by atoms with E-state index < -0.39 is 28.5 Å². The maximum atomic E-state index is 14.0. The van der Waals surface area contributed by atoms with E-state index in [1.54, 1.807) is 56.5 Å². The van der Waals surface area contributed by atoms with Crippen LogP contribution in [0.5, 0.6) is 11.5 Å². The Balaban J connectivity index is 2.03. The molecule has 0 aromatic heterocycles. The van der Waals surface area contributed by atoms with Crippen LogP contribution >= 0.6 is 11.6 Å². The summed E-state index contributed by atoms with van der Waals surface area (Å²) >= 11 is 6.00. The van der Waals surface area contributed by atoms with Crippen molar-refractivity contribution in [1.29, 1.82) is 0 Å². The van der Waals surface area contributed by atoms with Gasteiger partial charge in [-0.15, -0.1) is 0 Å². The number of amides is 2. The number of rotatable bonds is 14. The smallest absolute Gasteiger partial charge is 0.264 e. The molecule has 0 saturated carbocycles. The minimum Gasteiger partial charge on any atom is -0.497 e. The van der Waals surface area contributed by atoms with E-state index >= 15 is 0 Å². The Morgan fingerprint density at radius 3 is 2.27 bits per heavy atom. The van der Waals surface area contributed by atoms with Crippen molar-refractivity contribution in [2.75, 3.05) is 31.1 Å². The molecule has 0 aliphatic heterocycles. The minimum absolute atomic E-state index is 0.0309. The number of halogens is 1. The van der Waals surface area contributed by atoms with Gasteiger partial charge in [-0.1, -0.05) is 30.7 Å². The van der Waals surface area contributed by atoms with Crippen molar-refractivity contribution >= 4 is 39.1 Å². The molecule has 3 aromatic carbocycles. The second-order valence-electron chi connectivity index (χ2n) is 9.23. The predicted octanol–water partition coefficient (Wildman–Crippen LogP) is 4.89. The Hall–Kier alpha value is -3.76. The minimum atomic E-state index is -4.20. The number of sulfonamides is 1. The van der Waals surface area contributed by atoms with Crippen LogP contribution in [-0.4, -0.2) is 58.0 Å². The topological polar surface area (TPSA) is 105 Å². The largest absolute Gasteiger partial charge is 0.497 e. The molecule has 1 atom stereocenters. The molecule has 0 aliphatic carbocycles. The number of ether oxygens (including phenoxy) is 2. The summed E-state index contributed by atoms with van der Waals surface area (Å²) in [5.41, 5.74) is 0.988. The fraction of sp³-hybridized carbons (Fsp3) is 0.333. The van der Waals surface area contributed by atoms with Crippen LogP contribution in [0.25, 0.3) is 0 Å². The highest BCUT2D eigenvalue weighted by molar-refractivity contribution is 7.92. The van der Waals surface area contributed by atoms with Gasteiger partial charge in [-0.2, -0.15) is 0 Å². The molecular formula is C30H36ClN3O6S. The second-order valence-corrected chi connectivity index (χ2v) is 11.5. The number of methoxy groups -OCH3 is 1. The summed E-state index contributed by atoms with van der Waals surface area (Å²) in [6.07, 6.45) is 0.729. The summed E-state index contributed by atoms with van der Waals surface area (Å²) in [6.45, 7) is 5.82. The van der Waals surface area contributed by atoms with Crippen molar-refractivity contribution in [2.45, 2.75) is 44.7 Å². The van der Waals surface area contributed by atoms with Gasteiger partial charge in [0.25, 0.3) is 10.0 Å². The molecule has 0 radical (unpaired) electrons. The molecule has 0 saturated heterocycles. The van der Waals surface area contributed by atoms with Gasteiger partial charge < -0.3 is 19.7 Å². The lowest BCUT2D eigenvalue weighted by Gasteiger charge is -2.32. The summed E-state index contributed by atoms with van der Waals surface area (Å²) in [6, 6.07) is 18.4. The van der Waals surface area contributed by atoms with Gasteiger partial charge >= 0.3 is 0 Å². The first-order valence-electron chi connectivity index (χ1n) is 13.3. The Bertz CT molecular complexity index is 1410. The van der Waals surface area contributed by atoms with Crippen LogP contribution in [0.3, 0.4) is 0 Å². The third-order valence-corrected chi connectivity index (χ3v) is 8.36. The normalized spacial score (nSPS) is 11.8. The van der Waals surface area contributed by atoms with Crippen molar-refractivity contribution in [3.63, 3.8) is 0 Å². The van der Waals surface area contributed by atoms with Crippen LogP contribution in [0.1, 0.15) is 32.8 Å². The lowest BCUT2D eigenvalue weighted by Crippen LogP contribution is -2.51. The lowest BCUT2D eigenvalue weighted by molar-refractivity contribution is -0.139. The molecule has 220 valence electrons. The van der Waals surface area contributed by atoms with Gasteiger partial charge in [0.05, 0.1) is 24.3 Å². The summed E-state index contributed by atoms with van der Waals surface area (Å²) < 4.78 is 39.6. The van der Waals surface area contributed by atoms with Crippen molar-refractivity contribution in [1.82, 2.24) is 10.2 Å². The van der Waals surface area contributed by atoms with Crippen molar-refractivity contribution in [3.8, 4) is 11.5 Å². The van der Waals surface area contributed by atoms with Crippen molar-refractivity contribution in [3.05, 3.63) is 83.4 Å². The Morgan fingerprint density at radius 2 is 1.66 bits per heavy atom. The van der Waals surface area contributed by atoms with Gasteiger partial charge in [-0.3, -0.25) is 13.9 Å². The number of anilines is 1. The van der Waals surface area contributed by atoms with Gasteiger partial charge in [0.2, 0.25) is 11.8 Å². The van der Waals surface area contributed by atoms with Crippen LogP contribution in [0.15, 0.2) is 77.7 Å². The van der Waals surface area contributed by atoms with Crippen LogP contribution in [0.2, 0.25) is 5.02 Å². The first-order valence-corrected chi connectivity index (χ1v) is 15.1. The average Bonchev–Trinajstić information content (AvgIpc) is 2.97. The Kier molecular flexibility index (Phi) is 11.4. The number of hydrogen-bond donors (Lipinski definition) is 1. The molecular weight excluding hydrogens is 566 g/mol. The fourth-order valence-electron chi connectivity index (χ4n) is 4.08. The molecule has 1 N–H and O–H groups in total. The van der Waals surface area contributed by atoms with Gasteiger partial charge in [0.15, 0.2) is 0 Å². The van der Waals surface area contributed by atoms with Gasteiger partial charge in [-0.05, 0) is 86.5 Å². The fourth-order valence-corrected chi connectivity index (χ4v) is 5.62. The molecule has 1 unspecified atom stereocenters. The summed E-state index contributed by atoms with van der Waals surface area (Å²) in [5, 5.41) is 3.20. The number of carbonyl (C=O) groups is 2. The van der Waals surface area contributed by atoms with E-state index in [-0.39, 0.29) is 23.0 Å². The molecule has 0 spiro atoms. The first kappa shape index (κ1) is 31.8. The Morgan fingerprint density at radius 1 is 0.976 bits per heavy atom. The standard InChI is InChI=1S/C30H36ClN3O6S/c1-5-18-32-30(36)22(3)33(20-23-8-7-9-27(19-23)39-4)29(35)21-34(25-12-14-26(15-13-25)40-6-2)41(37,38)28-16-10-24(31)11-17-28/h7-17,19,22H,5-6,18,20-21H2,1-4H3,(H,32,36). The van der Waals surface area contributed by atoms with E-state index in [1.807, 2.05) is 19.9 Å². The molecule has 0 fully saturated rings. The summed E-state index contributed by atoms with van der Waals surface area (Å²) in [7, 11) is -2.66. The first-order chi connectivity index (χ1) is 19.6.